The van der Waals surface area contributed by atoms with Gasteiger partial charge in [-0.2, -0.15) is 0 Å². The number of benzene rings is 2. The molecule has 0 aliphatic heterocycles. The Bertz CT molecular complexity index is 1260. The number of H-pyrrole nitrogens is 1. The summed E-state index contributed by atoms with van der Waals surface area (Å²) in [5, 5.41) is 18.7. The van der Waals surface area contributed by atoms with Gasteiger partial charge in [-0.05, 0) is 29.5 Å². The molecule has 0 aliphatic carbocycles. The number of fused-ring (bicyclic) bond motifs is 1. The third-order valence-corrected chi connectivity index (χ3v) is 6.17. The van der Waals surface area contributed by atoms with Crippen LogP contribution in [0.3, 0.4) is 0 Å². The number of carboxylic acids is 1. The highest BCUT2D eigenvalue weighted by molar-refractivity contribution is 5.94. The Morgan fingerprint density at radius 3 is 2.13 bits per heavy atom. The third kappa shape index (κ3) is 7.91. The van der Waals surface area contributed by atoms with Gasteiger partial charge in [0.2, 0.25) is 17.7 Å². The van der Waals surface area contributed by atoms with Crippen LogP contribution in [0.5, 0.6) is 0 Å². The number of hydrogen-bond donors (Lipinski definition) is 6. The lowest BCUT2D eigenvalue weighted by Crippen LogP contribution is -2.57. The zero-order valence-electron chi connectivity index (χ0n) is 21.6. The summed E-state index contributed by atoms with van der Waals surface area (Å²) in [6.07, 6.45) is 2.26. The van der Waals surface area contributed by atoms with Crippen LogP contribution in [-0.4, -0.2) is 58.5 Å². The lowest BCUT2D eigenvalue weighted by molar-refractivity contribution is -0.142. The molecular weight excluding hydrogens is 486 g/mol. The molecule has 0 bridgehead atoms. The van der Waals surface area contributed by atoms with Gasteiger partial charge in [0, 0.05) is 29.9 Å². The van der Waals surface area contributed by atoms with Crippen molar-refractivity contribution in [3.8, 4) is 0 Å². The molecule has 10 nitrogen and oxygen atoms in total. The Labute approximate surface area is 221 Å². The number of carbonyl (C=O) groups excluding carboxylic acids is 3. The first kappa shape index (κ1) is 28.4. The molecule has 0 aliphatic rings. The fourth-order valence-corrected chi connectivity index (χ4v) is 4.28. The molecule has 38 heavy (non-hydrogen) atoms. The van der Waals surface area contributed by atoms with E-state index in [1.54, 1.807) is 6.20 Å². The van der Waals surface area contributed by atoms with Crippen molar-refractivity contribution < 1.29 is 24.3 Å². The van der Waals surface area contributed by atoms with Crippen LogP contribution < -0.4 is 21.7 Å². The number of hydrogen-bond acceptors (Lipinski definition) is 5. The second-order valence-electron chi connectivity index (χ2n) is 9.67. The van der Waals surface area contributed by atoms with Crippen LogP contribution in [0.1, 0.15) is 31.4 Å². The minimum Gasteiger partial charge on any atom is -0.480 e. The van der Waals surface area contributed by atoms with E-state index in [-0.39, 0.29) is 25.3 Å². The van der Waals surface area contributed by atoms with Crippen LogP contribution in [0.4, 0.5) is 0 Å². The molecule has 0 fully saturated rings. The maximum Gasteiger partial charge on any atom is 0.326 e. The van der Waals surface area contributed by atoms with Gasteiger partial charge in [0.1, 0.15) is 18.1 Å². The molecule has 3 amide bonds. The van der Waals surface area contributed by atoms with Gasteiger partial charge in [-0.15, -0.1) is 0 Å². The smallest absolute Gasteiger partial charge is 0.326 e. The van der Waals surface area contributed by atoms with Gasteiger partial charge in [-0.25, -0.2) is 4.79 Å². The third-order valence-electron chi connectivity index (χ3n) is 6.17. The SMILES string of the molecule is CC(C)CC(NC(=O)CN)C(=O)NC(Cc1ccccc1)C(=O)NC(Cc1c[nH]c2ccccc12)C(=O)O. The van der Waals surface area contributed by atoms with Crippen molar-refractivity contribution in [2.24, 2.45) is 11.7 Å². The summed E-state index contributed by atoms with van der Waals surface area (Å²) in [6.45, 7) is 3.54. The molecule has 0 saturated carbocycles. The zero-order valence-corrected chi connectivity index (χ0v) is 21.6. The van der Waals surface area contributed by atoms with Gasteiger partial charge in [0.15, 0.2) is 0 Å². The van der Waals surface area contributed by atoms with E-state index in [9.17, 15) is 24.3 Å². The molecule has 1 aromatic heterocycles. The average Bonchev–Trinajstić information content (AvgIpc) is 3.30. The molecule has 3 atom stereocenters. The Kier molecular flexibility index (Phi) is 10.0. The average molecular weight is 522 g/mol. The molecule has 10 heteroatoms. The van der Waals surface area contributed by atoms with Crippen LogP contribution in [0.15, 0.2) is 60.8 Å². The molecule has 7 N–H and O–H groups in total. The van der Waals surface area contributed by atoms with Gasteiger partial charge in [0.25, 0.3) is 0 Å². The number of amides is 3. The van der Waals surface area contributed by atoms with Crippen molar-refractivity contribution in [1.82, 2.24) is 20.9 Å². The first-order valence-corrected chi connectivity index (χ1v) is 12.6. The van der Waals surface area contributed by atoms with Crippen molar-refractivity contribution in [3.05, 3.63) is 71.9 Å². The first-order valence-electron chi connectivity index (χ1n) is 12.6. The number of nitrogens with two attached hydrogens (primary N) is 1. The molecule has 0 spiro atoms. The number of aromatic amines is 1. The normalized spacial score (nSPS) is 13.5. The highest BCUT2D eigenvalue weighted by Crippen LogP contribution is 2.19. The summed E-state index contributed by atoms with van der Waals surface area (Å²) in [6, 6.07) is 13.4. The molecule has 0 radical (unpaired) electrons. The van der Waals surface area contributed by atoms with Crippen LogP contribution in [-0.2, 0) is 32.0 Å². The summed E-state index contributed by atoms with van der Waals surface area (Å²) in [7, 11) is 0. The zero-order chi connectivity index (χ0) is 27.7. The number of rotatable bonds is 13. The lowest BCUT2D eigenvalue weighted by Gasteiger charge is -2.25. The molecule has 3 rings (SSSR count). The fourth-order valence-electron chi connectivity index (χ4n) is 4.28. The number of carbonyl (C=O) groups is 4. The topological polar surface area (TPSA) is 166 Å². The monoisotopic (exact) mass is 521 g/mol. The van der Waals surface area contributed by atoms with Crippen LogP contribution in [0.25, 0.3) is 10.9 Å². The predicted molar refractivity (Wildman–Crippen MR) is 144 cm³/mol. The second-order valence-corrected chi connectivity index (χ2v) is 9.67. The van der Waals surface area contributed by atoms with Crippen LogP contribution in [0.2, 0.25) is 0 Å². The molecule has 3 aromatic rings. The van der Waals surface area contributed by atoms with Gasteiger partial charge in [0.05, 0.1) is 6.54 Å². The lowest BCUT2D eigenvalue weighted by atomic mass is 10.00. The van der Waals surface area contributed by atoms with Crippen molar-refractivity contribution in [3.63, 3.8) is 0 Å². The van der Waals surface area contributed by atoms with E-state index >= 15 is 0 Å². The number of carboxylic acid groups (broad SMARTS) is 1. The summed E-state index contributed by atoms with van der Waals surface area (Å²) in [5.41, 5.74) is 7.80. The van der Waals surface area contributed by atoms with Gasteiger partial charge < -0.3 is 31.8 Å². The minimum atomic E-state index is -1.22. The molecule has 0 saturated heterocycles. The van der Waals surface area contributed by atoms with E-state index in [1.165, 1.54) is 0 Å². The predicted octanol–water partition coefficient (Wildman–Crippen LogP) is 1.50. The van der Waals surface area contributed by atoms with Crippen LogP contribution >= 0.6 is 0 Å². The quantitative estimate of drug-likeness (QED) is 0.199. The van der Waals surface area contributed by atoms with E-state index in [1.807, 2.05) is 68.4 Å². The van der Waals surface area contributed by atoms with Crippen molar-refractivity contribution >= 4 is 34.6 Å². The standard InChI is InChI=1S/C28H35N5O5/c1-17(2)12-22(31-25(34)15-29)26(35)32-23(13-18-8-4-3-5-9-18)27(36)33-24(28(37)38)14-19-16-30-21-11-7-6-10-20(19)21/h3-11,16-17,22-24,30H,12-15,29H2,1-2H3,(H,31,34)(H,32,35)(H,33,36)(H,37,38). The van der Waals surface area contributed by atoms with Crippen LogP contribution in [0, 0.1) is 5.92 Å². The fraction of sp³-hybridized carbons (Fsp3) is 0.357. The minimum absolute atomic E-state index is 0.0552. The molecule has 1 heterocycles. The van der Waals surface area contributed by atoms with E-state index in [0.717, 1.165) is 22.0 Å². The first-order chi connectivity index (χ1) is 18.2. The summed E-state index contributed by atoms with van der Waals surface area (Å²) in [5.74, 6) is -2.78. The summed E-state index contributed by atoms with van der Waals surface area (Å²) >= 11 is 0. The Hall–Kier alpha value is -4.18. The van der Waals surface area contributed by atoms with Gasteiger partial charge in [-0.3, -0.25) is 14.4 Å². The summed E-state index contributed by atoms with van der Waals surface area (Å²) in [4.78, 5) is 53.7. The summed E-state index contributed by atoms with van der Waals surface area (Å²) < 4.78 is 0. The number of aliphatic carboxylic acids is 1. The van der Waals surface area contributed by atoms with E-state index < -0.39 is 41.8 Å². The largest absolute Gasteiger partial charge is 0.480 e. The van der Waals surface area contributed by atoms with E-state index in [0.29, 0.717) is 6.42 Å². The second kappa shape index (κ2) is 13.4. The van der Waals surface area contributed by atoms with E-state index in [2.05, 4.69) is 20.9 Å². The Morgan fingerprint density at radius 1 is 0.842 bits per heavy atom. The highest BCUT2D eigenvalue weighted by Gasteiger charge is 2.30. The maximum absolute atomic E-state index is 13.4. The molecule has 3 unspecified atom stereocenters. The maximum atomic E-state index is 13.4. The highest BCUT2D eigenvalue weighted by atomic mass is 16.4. The van der Waals surface area contributed by atoms with Crippen molar-refractivity contribution in [2.75, 3.05) is 6.54 Å². The molecule has 202 valence electrons. The van der Waals surface area contributed by atoms with Crippen molar-refractivity contribution in [1.29, 1.82) is 0 Å². The van der Waals surface area contributed by atoms with Gasteiger partial charge in [-0.1, -0.05) is 62.4 Å². The Morgan fingerprint density at radius 2 is 1.47 bits per heavy atom. The molecule has 2 aromatic carbocycles. The number of aromatic nitrogens is 1. The Balaban J connectivity index is 1.81. The number of nitrogens with one attached hydrogen (secondary N) is 4. The van der Waals surface area contributed by atoms with Crippen molar-refractivity contribution in [2.45, 2.75) is 51.2 Å². The van der Waals surface area contributed by atoms with E-state index in [4.69, 9.17) is 5.73 Å². The number of para-hydroxylation sites is 1. The van der Waals surface area contributed by atoms with Gasteiger partial charge >= 0.3 is 5.97 Å². The molecular formula is C28H35N5O5.